The number of nitrogens with one attached hydrogen (secondary N) is 1. The normalized spacial score (nSPS) is 10.2. The first kappa shape index (κ1) is 10.6. The summed E-state index contributed by atoms with van der Waals surface area (Å²) < 4.78 is 30.4. The lowest BCUT2D eigenvalue weighted by molar-refractivity contribution is 0.210. The van der Waals surface area contributed by atoms with Crippen molar-refractivity contribution in [3.63, 3.8) is 0 Å². The molecule has 1 aromatic rings. The van der Waals surface area contributed by atoms with Crippen LogP contribution in [0.1, 0.15) is 0 Å². The number of hydrogen-bond acceptors (Lipinski definition) is 4. The van der Waals surface area contributed by atoms with E-state index in [1.807, 2.05) is 0 Å². The minimum Gasteiger partial charge on any atom is -0.383 e. The third-order valence-corrected chi connectivity index (χ3v) is 1.56. The molecule has 0 radical (unpaired) electrons. The second kappa shape index (κ2) is 4.71. The predicted molar refractivity (Wildman–Crippen MR) is 48.9 cm³/mol. The zero-order valence-corrected chi connectivity index (χ0v) is 7.68. The molecule has 3 N–H and O–H groups in total. The fraction of sp³-hybridized carbons (Fsp3) is 0.375. The molecule has 0 atom stereocenters. The Kier molecular flexibility index (Phi) is 3.58. The van der Waals surface area contributed by atoms with Crippen molar-refractivity contribution in [1.29, 1.82) is 0 Å². The average Bonchev–Trinajstić information content (AvgIpc) is 2.14. The Hall–Kier alpha value is -1.43. The van der Waals surface area contributed by atoms with E-state index in [9.17, 15) is 8.78 Å². The molecule has 0 fully saturated rings. The Bertz CT molecular complexity index is 320. The highest BCUT2D eigenvalue weighted by Gasteiger charge is 2.08. The van der Waals surface area contributed by atoms with Crippen LogP contribution < -0.4 is 11.1 Å². The molecule has 0 aliphatic rings. The number of methoxy groups -OCH3 is 1. The smallest absolute Gasteiger partial charge is 0.168 e. The predicted octanol–water partition coefficient (Wildman–Crippen LogP) is 1.00. The zero-order chi connectivity index (χ0) is 10.6. The summed E-state index contributed by atoms with van der Waals surface area (Å²) in [6, 6.07) is 0.692. The standard InChI is InChI=1S/C8H11F2N3O/c1-14-3-2-12-8-6(10)4-5(9)7(11)13-8/h4H,2-3H2,1H3,(H3,11,12,13). The van der Waals surface area contributed by atoms with Gasteiger partial charge in [0.1, 0.15) is 0 Å². The second-order valence-electron chi connectivity index (χ2n) is 2.61. The monoisotopic (exact) mass is 203 g/mol. The SMILES string of the molecule is COCCNc1nc(N)c(F)cc1F. The fourth-order valence-electron chi connectivity index (χ4n) is 0.876. The van der Waals surface area contributed by atoms with Crippen molar-refractivity contribution in [2.24, 2.45) is 0 Å². The summed E-state index contributed by atoms with van der Waals surface area (Å²) in [6.45, 7) is 0.782. The Morgan fingerprint density at radius 2 is 2.21 bits per heavy atom. The summed E-state index contributed by atoms with van der Waals surface area (Å²) in [5, 5.41) is 2.62. The molecule has 0 amide bonds. The van der Waals surface area contributed by atoms with Crippen molar-refractivity contribution >= 4 is 11.6 Å². The molecular formula is C8H11F2N3O. The quantitative estimate of drug-likeness (QED) is 0.717. The van der Waals surface area contributed by atoms with E-state index in [1.54, 1.807) is 0 Å². The van der Waals surface area contributed by atoms with Crippen molar-refractivity contribution in [3.05, 3.63) is 17.7 Å². The van der Waals surface area contributed by atoms with Gasteiger partial charge < -0.3 is 15.8 Å². The number of ether oxygens (including phenoxy) is 1. The van der Waals surface area contributed by atoms with Crippen LogP contribution in [0, 0.1) is 11.6 Å². The van der Waals surface area contributed by atoms with E-state index in [2.05, 4.69) is 10.3 Å². The van der Waals surface area contributed by atoms with E-state index < -0.39 is 11.6 Å². The first-order chi connectivity index (χ1) is 6.65. The molecule has 0 aliphatic heterocycles. The van der Waals surface area contributed by atoms with Crippen molar-refractivity contribution in [2.45, 2.75) is 0 Å². The van der Waals surface area contributed by atoms with Crippen molar-refractivity contribution in [3.8, 4) is 0 Å². The molecular weight excluding hydrogens is 192 g/mol. The highest BCUT2D eigenvalue weighted by molar-refractivity contribution is 5.44. The van der Waals surface area contributed by atoms with E-state index in [0.717, 1.165) is 0 Å². The number of rotatable bonds is 4. The molecule has 0 saturated carbocycles. The van der Waals surface area contributed by atoms with Gasteiger partial charge in [0.15, 0.2) is 23.3 Å². The van der Waals surface area contributed by atoms with Gasteiger partial charge >= 0.3 is 0 Å². The molecule has 1 rings (SSSR count). The Labute approximate surface area is 80.1 Å². The average molecular weight is 203 g/mol. The number of anilines is 2. The molecule has 1 heterocycles. The van der Waals surface area contributed by atoms with Gasteiger partial charge in [-0.2, -0.15) is 0 Å². The van der Waals surface area contributed by atoms with Gasteiger partial charge in [0.25, 0.3) is 0 Å². The van der Waals surface area contributed by atoms with Gasteiger partial charge in [0.2, 0.25) is 0 Å². The van der Waals surface area contributed by atoms with Crippen LogP contribution in [0.4, 0.5) is 20.4 Å². The highest BCUT2D eigenvalue weighted by atomic mass is 19.1. The van der Waals surface area contributed by atoms with Crippen molar-refractivity contribution in [2.75, 3.05) is 31.3 Å². The van der Waals surface area contributed by atoms with Crippen LogP contribution in [-0.2, 0) is 4.74 Å². The minimum atomic E-state index is -0.861. The molecule has 78 valence electrons. The third kappa shape index (κ3) is 2.53. The van der Waals surface area contributed by atoms with Gasteiger partial charge in [-0.15, -0.1) is 0 Å². The van der Waals surface area contributed by atoms with Crippen LogP contribution in [0.15, 0.2) is 6.07 Å². The first-order valence-corrected chi connectivity index (χ1v) is 3.99. The molecule has 0 saturated heterocycles. The van der Waals surface area contributed by atoms with Crippen LogP contribution >= 0.6 is 0 Å². The number of nitrogens with zero attached hydrogens (tertiary/aromatic N) is 1. The maximum Gasteiger partial charge on any atom is 0.168 e. The Morgan fingerprint density at radius 3 is 2.86 bits per heavy atom. The number of nitrogens with two attached hydrogens (primary N) is 1. The van der Waals surface area contributed by atoms with Gasteiger partial charge in [0, 0.05) is 19.7 Å². The summed E-state index contributed by atoms with van der Waals surface area (Å²) in [7, 11) is 1.52. The maximum atomic E-state index is 13.0. The van der Waals surface area contributed by atoms with Gasteiger partial charge in [0.05, 0.1) is 6.61 Å². The van der Waals surface area contributed by atoms with E-state index in [-0.39, 0.29) is 11.6 Å². The maximum absolute atomic E-state index is 13.0. The Balaban J connectivity index is 2.72. The summed E-state index contributed by atoms with van der Waals surface area (Å²) >= 11 is 0. The molecule has 4 nitrogen and oxygen atoms in total. The highest BCUT2D eigenvalue weighted by Crippen LogP contribution is 2.15. The molecule has 0 bridgehead atoms. The molecule has 0 unspecified atom stereocenters. The van der Waals surface area contributed by atoms with E-state index in [1.165, 1.54) is 7.11 Å². The van der Waals surface area contributed by atoms with Crippen molar-refractivity contribution < 1.29 is 13.5 Å². The third-order valence-electron chi connectivity index (χ3n) is 1.56. The van der Waals surface area contributed by atoms with Crippen LogP contribution in [-0.4, -0.2) is 25.2 Å². The van der Waals surface area contributed by atoms with E-state index >= 15 is 0 Å². The minimum absolute atomic E-state index is 0.0686. The molecule has 0 aromatic carbocycles. The fourth-order valence-corrected chi connectivity index (χ4v) is 0.876. The number of nitrogen functional groups attached to an aromatic ring is 1. The van der Waals surface area contributed by atoms with Crippen LogP contribution in [0.5, 0.6) is 0 Å². The Morgan fingerprint density at radius 1 is 1.50 bits per heavy atom. The van der Waals surface area contributed by atoms with Gasteiger partial charge in [-0.1, -0.05) is 0 Å². The van der Waals surface area contributed by atoms with Crippen molar-refractivity contribution in [1.82, 2.24) is 4.98 Å². The molecule has 6 heteroatoms. The molecule has 1 aromatic heterocycles. The lowest BCUT2D eigenvalue weighted by atomic mass is 10.4. The summed E-state index contributed by atoms with van der Waals surface area (Å²) in [5.41, 5.74) is 5.17. The lowest BCUT2D eigenvalue weighted by Gasteiger charge is -2.06. The van der Waals surface area contributed by atoms with Crippen LogP contribution in [0.25, 0.3) is 0 Å². The summed E-state index contributed by atoms with van der Waals surface area (Å²) in [6.07, 6.45) is 0. The number of aromatic nitrogens is 1. The van der Waals surface area contributed by atoms with Gasteiger partial charge in [-0.3, -0.25) is 0 Å². The number of halogens is 2. The molecule has 0 aliphatic carbocycles. The largest absolute Gasteiger partial charge is 0.383 e. The molecule has 14 heavy (non-hydrogen) atoms. The number of pyridine rings is 1. The van der Waals surface area contributed by atoms with E-state index in [4.69, 9.17) is 10.5 Å². The van der Waals surface area contributed by atoms with Gasteiger partial charge in [-0.25, -0.2) is 13.8 Å². The summed E-state index contributed by atoms with van der Waals surface area (Å²) in [5.74, 6) is -2.03. The lowest BCUT2D eigenvalue weighted by Crippen LogP contribution is -2.11. The number of hydrogen-bond donors (Lipinski definition) is 2. The van der Waals surface area contributed by atoms with Crippen LogP contribution in [0.3, 0.4) is 0 Å². The van der Waals surface area contributed by atoms with E-state index in [0.29, 0.717) is 19.2 Å². The second-order valence-corrected chi connectivity index (χ2v) is 2.61. The topological polar surface area (TPSA) is 60.2 Å². The molecule has 0 spiro atoms. The van der Waals surface area contributed by atoms with Crippen LogP contribution in [0.2, 0.25) is 0 Å². The zero-order valence-electron chi connectivity index (χ0n) is 7.68. The van der Waals surface area contributed by atoms with Gasteiger partial charge in [-0.05, 0) is 0 Å². The summed E-state index contributed by atoms with van der Waals surface area (Å²) in [4.78, 5) is 3.51. The first-order valence-electron chi connectivity index (χ1n) is 3.99.